The molecule has 4 aliphatic carbocycles. The Hall–Kier alpha value is -2.77. The SMILES string of the molecule is Cc1c(C(=O)NCCNC2[C@H]3C[C@@H]4C[C@@H](C[C@H]2C4)C3)nn(-c2ccc(F)cc2F)c1-c1ccc(Cl)cc1. The van der Waals surface area contributed by atoms with Gasteiger partial charge in [0.15, 0.2) is 11.5 Å². The molecule has 37 heavy (non-hydrogen) atoms. The maximum atomic E-state index is 14.8. The van der Waals surface area contributed by atoms with Gasteiger partial charge < -0.3 is 10.6 Å². The topological polar surface area (TPSA) is 59.0 Å². The van der Waals surface area contributed by atoms with Crippen LogP contribution in [0.1, 0.15) is 48.2 Å². The zero-order valence-corrected chi connectivity index (χ0v) is 21.6. The second-order valence-corrected chi connectivity index (χ2v) is 11.4. The Morgan fingerprint density at radius 1 is 1.00 bits per heavy atom. The first-order valence-electron chi connectivity index (χ1n) is 13.2. The van der Waals surface area contributed by atoms with Crippen LogP contribution in [0.15, 0.2) is 42.5 Å². The molecule has 1 heterocycles. The number of halogens is 3. The summed E-state index contributed by atoms with van der Waals surface area (Å²) in [5.74, 6) is 1.65. The van der Waals surface area contributed by atoms with Crippen molar-refractivity contribution in [2.45, 2.75) is 45.1 Å². The lowest BCUT2D eigenvalue weighted by molar-refractivity contribution is -0.0133. The van der Waals surface area contributed by atoms with Crippen molar-refractivity contribution in [2.75, 3.05) is 13.1 Å². The predicted octanol–water partition coefficient (Wildman–Crippen LogP) is 5.92. The molecule has 5 nitrogen and oxygen atoms in total. The van der Waals surface area contributed by atoms with E-state index in [4.69, 9.17) is 11.6 Å². The number of nitrogens with one attached hydrogen (secondary N) is 2. The predicted molar refractivity (Wildman–Crippen MR) is 140 cm³/mol. The van der Waals surface area contributed by atoms with Gasteiger partial charge in [0.25, 0.3) is 5.91 Å². The summed E-state index contributed by atoms with van der Waals surface area (Å²) in [7, 11) is 0. The number of benzene rings is 2. The van der Waals surface area contributed by atoms with E-state index < -0.39 is 11.6 Å². The van der Waals surface area contributed by atoms with Crippen molar-refractivity contribution < 1.29 is 13.6 Å². The van der Waals surface area contributed by atoms with Crippen LogP contribution in [-0.2, 0) is 0 Å². The van der Waals surface area contributed by atoms with Crippen molar-refractivity contribution in [1.29, 1.82) is 0 Å². The molecule has 1 amide bonds. The molecule has 0 unspecified atom stereocenters. The van der Waals surface area contributed by atoms with E-state index >= 15 is 0 Å². The zero-order valence-electron chi connectivity index (χ0n) is 20.8. The average Bonchev–Trinajstić information content (AvgIpc) is 3.20. The minimum atomic E-state index is -0.760. The quantitative estimate of drug-likeness (QED) is 0.377. The van der Waals surface area contributed by atoms with Crippen molar-refractivity contribution >= 4 is 17.5 Å². The fourth-order valence-corrected chi connectivity index (χ4v) is 7.37. The number of carbonyl (C=O) groups excluding carboxylic acids is 1. The fourth-order valence-electron chi connectivity index (χ4n) is 7.24. The molecular weight excluding hydrogens is 494 g/mol. The lowest BCUT2D eigenvalue weighted by Gasteiger charge is -2.54. The van der Waals surface area contributed by atoms with Gasteiger partial charge in [0.1, 0.15) is 11.5 Å². The smallest absolute Gasteiger partial charge is 0.272 e. The van der Waals surface area contributed by atoms with Crippen LogP contribution in [0.2, 0.25) is 5.02 Å². The van der Waals surface area contributed by atoms with Crippen LogP contribution in [0.3, 0.4) is 0 Å². The van der Waals surface area contributed by atoms with Gasteiger partial charge in [-0.3, -0.25) is 4.79 Å². The summed E-state index contributed by atoms with van der Waals surface area (Å²) in [6, 6.07) is 10.9. The van der Waals surface area contributed by atoms with Gasteiger partial charge in [-0.15, -0.1) is 0 Å². The molecule has 3 aromatic rings. The highest BCUT2D eigenvalue weighted by molar-refractivity contribution is 6.30. The number of rotatable bonds is 7. The highest BCUT2D eigenvalue weighted by Crippen LogP contribution is 2.53. The number of hydrogen-bond acceptors (Lipinski definition) is 3. The first-order chi connectivity index (χ1) is 17.9. The molecule has 194 valence electrons. The largest absolute Gasteiger partial charge is 0.349 e. The summed E-state index contributed by atoms with van der Waals surface area (Å²) in [6.45, 7) is 2.97. The van der Waals surface area contributed by atoms with E-state index in [2.05, 4.69) is 15.7 Å². The molecule has 4 saturated carbocycles. The summed E-state index contributed by atoms with van der Waals surface area (Å²) < 4.78 is 29.7. The van der Waals surface area contributed by atoms with Crippen molar-refractivity contribution in [1.82, 2.24) is 20.4 Å². The Morgan fingerprint density at radius 2 is 1.68 bits per heavy atom. The number of amides is 1. The van der Waals surface area contributed by atoms with Crippen molar-refractivity contribution in [3.8, 4) is 16.9 Å². The van der Waals surface area contributed by atoms with Gasteiger partial charge in [0, 0.05) is 41.3 Å². The molecule has 4 fully saturated rings. The summed E-state index contributed by atoms with van der Waals surface area (Å²) in [6.07, 6.45) is 6.83. The molecule has 2 aromatic carbocycles. The molecule has 4 aliphatic rings. The molecule has 8 heteroatoms. The summed E-state index contributed by atoms with van der Waals surface area (Å²) in [5.41, 5.74) is 2.16. The summed E-state index contributed by atoms with van der Waals surface area (Å²) in [4.78, 5) is 13.2. The highest BCUT2D eigenvalue weighted by Gasteiger charge is 2.47. The van der Waals surface area contributed by atoms with Gasteiger partial charge in [-0.2, -0.15) is 5.10 Å². The maximum absolute atomic E-state index is 14.8. The number of aromatic nitrogens is 2. The van der Waals surface area contributed by atoms with E-state index in [0.717, 1.165) is 35.3 Å². The Balaban J connectivity index is 1.19. The lowest BCUT2D eigenvalue weighted by atomic mass is 9.54. The normalized spacial score (nSPS) is 26.0. The van der Waals surface area contributed by atoms with Gasteiger partial charge in [-0.1, -0.05) is 23.7 Å². The lowest BCUT2D eigenvalue weighted by Crippen LogP contribution is -2.55. The van der Waals surface area contributed by atoms with Crippen molar-refractivity contribution in [2.24, 2.45) is 23.7 Å². The van der Waals surface area contributed by atoms with Crippen LogP contribution in [0.4, 0.5) is 8.78 Å². The van der Waals surface area contributed by atoms with E-state index in [-0.39, 0.29) is 17.3 Å². The Kier molecular flexibility index (Phi) is 6.53. The number of carbonyl (C=O) groups is 1. The number of nitrogens with zero attached hydrogens (tertiary/aromatic N) is 2. The second kappa shape index (κ2) is 9.84. The third-order valence-corrected chi connectivity index (χ3v) is 8.86. The molecule has 0 aliphatic heterocycles. The van der Waals surface area contributed by atoms with Gasteiger partial charge in [0.2, 0.25) is 0 Å². The molecule has 0 atom stereocenters. The van der Waals surface area contributed by atoms with Gasteiger partial charge in [0.05, 0.1) is 5.69 Å². The van der Waals surface area contributed by atoms with Gasteiger partial charge in [-0.25, -0.2) is 13.5 Å². The molecule has 7 rings (SSSR count). The second-order valence-electron chi connectivity index (χ2n) is 11.0. The van der Waals surface area contributed by atoms with Gasteiger partial charge in [-0.05, 0) is 87.0 Å². The fraction of sp³-hybridized carbons (Fsp3) is 0.448. The van der Waals surface area contributed by atoms with E-state index in [1.807, 2.05) is 0 Å². The van der Waals surface area contributed by atoms with E-state index in [0.29, 0.717) is 35.4 Å². The Bertz CT molecular complexity index is 1290. The minimum absolute atomic E-state index is 0.0667. The van der Waals surface area contributed by atoms with E-state index in [9.17, 15) is 13.6 Å². The monoisotopic (exact) mass is 524 g/mol. The zero-order chi connectivity index (χ0) is 25.7. The van der Waals surface area contributed by atoms with Crippen molar-refractivity contribution in [3.05, 3.63) is 70.4 Å². The van der Waals surface area contributed by atoms with Crippen LogP contribution in [0.25, 0.3) is 16.9 Å². The third kappa shape index (κ3) is 4.68. The number of hydrogen-bond donors (Lipinski definition) is 2. The van der Waals surface area contributed by atoms with Crippen LogP contribution < -0.4 is 10.6 Å². The molecule has 4 bridgehead atoms. The first-order valence-corrected chi connectivity index (χ1v) is 13.6. The Morgan fingerprint density at radius 3 is 2.32 bits per heavy atom. The standard InChI is InChI=1S/C29H31ClF2N4O/c1-16-26(29(37)34-9-8-33-27-20-11-17-10-18(13-20)14-21(27)12-17)35-36(25-7-6-23(31)15-24(25)32)28(16)19-2-4-22(30)5-3-19/h2-7,15,17-18,20-21,27,33H,8-14H2,1H3,(H,34,37)/t17-,18+,20-,21+,27?. The molecular formula is C29H31ClF2N4O. The third-order valence-electron chi connectivity index (χ3n) is 8.61. The molecule has 2 N–H and O–H groups in total. The van der Waals surface area contributed by atoms with Crippen LogP contribution in [0, 0.1) is 42.2 Å². The summed E-state index contributed by atoms with van der Waals surface area (Å²) in [5, 5.41) is 11.8. The highest BCUT2D eigenvalue weighted by atomic mass is 35.5. The van der Waals surface area contributed by atoms with Crippen molar-refractivity contribution in [3.63, 3.8) is 0 Å². The minimum Gasteiger partial charge on any atom is -0.349 e. The van der Waals surface area contributed by atoms with Crippen LogP contribution >= 0.6 is 11.6 Å². The van der Waals surface area contributed by atoms with Crippen LogP contribution in [-0.4, -0.2) is 34.8 Å². The molecule has 1 aromatic heterocycles. The van der Waals surface area contributed by atoms with Gasteiger partial charge >= 0.3 is 0 Å². The molecule has 0 spiro atoms. The van der Waals surface area contributed by atoms with Crippen LogP contribution in [0.5, 0.6) is 0 Å². The van der Waals surface area contributed by atoms with E-state index in [1.54, 1.807) is 31.2 Å². The average molecular weight is 525 g/mol. The Labute approximate surface area is 220 Å². The molecule has 0 saturated heterocycles. The van der Waals surface area contributed by atoms with E-state index in [1.165, 1.54) is 48.9 Å². The molecule has 0 radical (unpaired) electrons. The maximum Gasteiger partial charge on any atom is 0.272 e. The summed E-state index contributed by atoms with van der Waals surface area (Å²) >= 11 is 6.07. The first kappa shape index (κ1) is 24.6.